The summed E-state index contributed by atoms with van der Waals surface area (Å²) in [6.45, 7) is 0.324. The molecule has 0 bridgehead atoms. The first-order chi connectivity index (χ1) is 14.4. The number of amides is 1. The number of nitrogens with two attached hydrogens (primary N) is 1. The van der Waals surface area contributed by atoms with E-state index in [0.29, 0.717) is 23.8 Å². The smallest absolute Gasteiger partial charge is 0.251 e. The fourth-order valence-corrected chi connectivity index (χ4v) is 5.51. The van der Waals surface area contributed by atoms with Crippen LogP contribution >= 0.6 is 23.2 Å². The van der Waals surface area contributed by atoms with E-state index in [2.05, 4.69) is 10.3 Å². The van der Waals surface area contributed by atoms with E-state index in [4.69, 9.17) is 28.9 Å². The second-order valence-electron chi connectivity index (χ2n) is 8.29. The molecule has 2 fully saturated rings. The van der Waals surface area contributed by atoms with E-state index in [-0.39, 0.29) is 28.3 Å². The van der Waals surface area contributed by atoms with Crippen LogP contribution in [0.5, 0.6) is 0 Å². The molecule has 5 rings (SSSR count). The van der Waals surface area contributed by atoms with E-state index in [1.54, 1.807) is 24.3 Å². The number of rotatable bonds is 4. The highest BCUT2D eigenvalue weighted by Crippen LogP contribution is 2.57. The van der Waals surface area contributed by atoms with Gasteiger partial charge >= 0.3 is 0 Å². The lowest BCUT2D eigenvalue weighted by Crippen LogP contribution is -2.53. The van der Waals surface area contributed by atoms with Gasteiger partial charge < -0.3 is 16.2 Å². The van der Waals surface area contributed by atoms with Crippen LogP contribution in [0.3, 0.4) is 0 Å². The van der Waals surface area contributed by atoms with Crippen LogP contribution in [0.25, 0.3) is 0 Å². The molecule has 3 aliphatic rings. The van der Waals surface area contributed by atoms with Crippen LogP contribution in [0.4, 0.5) is 10.2 Å². The second kappa shape index (κ2) is 7.14. The zero-order valence-corrected chi connectivity index (χ0v) is 17.5. The van der Waals surface area contributed by atoms with E-state index in [9.17, 15) is 9.90 Å². The lowest BCUT2D eigenvalue weighted by molar-refractivity contribution is -0.128. The minimum atomic E-state index is -1.31. The van der Waals surface area contributed by atoms with E-state index in [0.717, 1.165) is 12.8 Å². The number of aliphatic hydroxyl groups excluding tert-OH is 1. The zero-order chi connectivity index (χ0) is 21.2. The first-order valence-electron chi connectivity index (χ1n) is 9.95. The molecule has 4 N–H and O–H groups in total. The van der Waals surface area contributed by atoms with Gasteiger partial charge in [0, 0.05) is 30.1 Å². The number of aromatic nitrogens is 1. The minimum Gasteiger partial charge on any atom is -0.395 e. The summed E-state index contributed by atoms with van der Waals surface area (Å²) >= 11 is 12.1. The molecule has 1 saturated carbocycles. The Balaban J connectivity index is 1.78. The summed E-state index contributed by atoms with van der Waals surface area (Å²) in [5, 5.41) is 13.3. The van der Waals surface area contributed by atoms with Crippen molar-refractivity contribution in [2.24, 2.45) is 11.7 Å². The summed E-state index contributed by atoms with van der Waals surface area (Å²) < 4.78 is 15.2. The molecule has 1 aromatic heterocycles. The number of carbonyl (C=O) groups excluding carboxylic acids is 1. The molecule has 9 heteroatoms. The van der Waals surface area contributed by atoms with Gasteiger partial charge in [-0.3, -0.25) is 9.69 Å². The Hall–Kier alpha value is -1.77. The maximum Gasteiger partial charge on any atom is 0.251 e. The number of nitrogens with zero attached hydrogens (tertiary/aromatic N) is 2. The maximum atomic E-state index is 15.2. The predicted molar refractivity (Wildman–Crippen MR) is 112 cm³/mol. The SMILES string of the molecule is N[C@@H]1[C@H](CO)N(CC2CC2)[C@@]2(C(=O)Nc3nc(Cl)ccc32)[C@H]1c1cccc(Cl)c1F. The number of halogens is 3. The fraction of sp³-hybridized carbons (Fsp3) is 0.429. The number of fused-ring (bicyclic) bond motifs is 2. The Kier molecular flexibility index (Phi) is 4.79. The molecule has 3 heterocycles. The van der Waals surface area contributed by atoms with Gasteiger partial charge in [0.2, 0.25) is 0 Å². The molecule has 4 atom stereocenters. The van der Waals surface area contributed by atoms with Gasteiger partial charge in [0.15, 0.2) is 0 Å². The van der Waals surface area contributed by atoms with Gasteiger partial charge in [-0.05, 0) is 42.5 Å². The number of hydrogen-bond acceptors (Lipinski definition) is 5. The molecule has 6 nitrogen and oxygen atoms in total. The Morgan fingerprint density at radius 2 is 2.07 bits per heavy atom. The van der Waals surface area contributed by atoms with E-state index in [1.165, 1.54) is 6.07 Å². The fourth-order valence-electron chi connectivity index (χ4n) is 5.18. The van der Waals surface area contributed by atoms with Crippen molar-refractivity contribution in [2.75, 3.05) is 18.5 Å². The van der Waals surface area contributed by atoms with Gasteiger partial charge in [-0.25, -0.2) is 9.37 Å². The third-order valence-electron chi connectivity index (χ3n) is 6.64. The average molecular weight is 451 g/mol. The van der Waals surface area contributed by atoms with Crippen LogP contribution in [0.1, 0.15) is 29.9 Å². The molecule has 2 aliphatic heterocycles. The van der Waals surface area contributed by atoms with Gasteiger partial charge in [0.1, 0.15) is 22.3 Å². The number of benzene rings is 1. The molecular formula is C21H21Cl2FN4O2. The van der Waals surface area contributed by atoms with Gasteiger partial charge in [-0.15, -0.1) is 0 Å². The van der Waals surface area contributed by atoms with Crippen molar-refractivity contribution in [1.29, 1.82) is 0 Å². The van der Waals surface area contributed by atoms with Crippen molar-refractivity contribution in [2.45, 2.75) is 36.4 Å². The van der Waals surface area contributed by atoms with E-state index >= 15 is 4.39 Å². The number of anilines is 1. The highest BCUT2D eigenvalue weighted by atomic mass is 35.5. The molecule has 1 saturated heterocycles. The molecule has 0 unspecified atom stereocenters. The van der Waals surface area contributed by atoms with Crippen molar-refractivity contribution in [3.8, 4) is 0 Å². The standard InChI is InChI=1S/C21H21Cl2FN4O2/c22-13-3-1-2-11(17(13)24)16-18(25)14(9-29)28(8-10-4-5-10)21(16)12-6-7-15(23)26-19(12)27-20(21)30/h1-3,6-7,10,14,16,18,29H,4-5,8-9,25H2,(H,26,27,30)/t14-,16-,18+,21+/m0/s1. The minimum absolute atomic E-state index is 0.0381. The highest BCUT2D eigenvalue weighted by molar-refractivity contribution is 6.30. The summed E-state index contributed by atoms with van der Waals surface area (Å²) in [7, 11) is 0. The molecule has 1 aliphatic carbocycles. The number of hydrogen-bond donors (Lipinski definition) is 3. The van der Waals surface area contributed by atoms with Crippen LogP contribution in [0, 0.1) is 11.7 Å². The molecule has 0 radical (unpaired) electrons. The Bertz CT molecular complexity index is 1030. The van der Waals surface area contributed by atoms with Crippen molar-refractivity contribution in [3.05, 3.63) is 57.5 Å². The molecule has 30 heavy (non-hydrogen) atoms. The monoisotopic (exact) mass is 450 g/mol. The number of carbonyl (C=O) groups is 1. The van der Waals surface area contributed by atoms with Gasteiger partial charge in [0.05, 0.1) is 11.6 Å². The summed E-state index contributed by atoms with van der Waals surface area (Å²) in [5.41, 5.74) is 6.17. The van der Waals surface area contributed by atoms with Crippen molar-refractivity contribution >= 4 is 34.9 Å². The normalized spacial score (nSPS) is 30.7. The Labute approximate surface area is 183 Å². The third-order valence-corrected chi connectivity index (χ3v) is 7.14. The zero-order valence-electron chi connectivity index (χ0n) is 16.0. The summed E-state index contributed by atoms with van der Waals surface area (Å²) in [4.78, 5) is 19.9. The number of likely N-dealkylation sites (tertiary alicyclic amines) is 1. The molecule has 1 aromatic carbocycles. The van der Waals surface area contributed by atoms with Crippen LogP contribution in [-0.2, 0) is 10.3 Å². The van der Waals surface area contributed by atoms with Crippen LogP contribution < -0.4 is 11.1 Å². The molecule has 158 valence electrons. The number of aliphatic hydroxyl groups is 1. The number of nitrogens with one attached hydrogen (secondary N) is 1. The lowest BCUT2D eigenvalue weighted by Gasteiger charge is -2.39. The Morgan fingerprint density at radius 1 is 1.30 bits per heavy atom. The topological polar surface area (TPSA) is 91.5 Å². The van der Waals surface area contributed by atoms with Crippen LogP contribution in [0.15, 0.2) is 30.3 Å². The maximum absolute atomic E-state index is 15.2. The van der Waals surface area contributed by atoms with Crippen molar-refractivity contribution < 1.29 is 14.3 Å². The van der Waals surface area contributed by atoms with Gasteiger partial charge in [-0.2, -0.15) is 0 Å². The molecule has 1 spiro atoms. The van der Waals surface area contributed by atoms with Gasteiger partial charge in [0.25, 0.3) is 5.91 Å². The largest absolute Gasteiger partial charge is 0.395 e. The van der Waals surface area contributed by atoms with E-state index in [1.807, 2.05) is 4.90 Å². The molecular weight excluding hydrogens is 430 g/mol. The lowest BCUT2D eigenvalue weighted by atomic mass is 9.74. The first kappa shape index (κ1) is 20.2. The van der Waals surface area contributed by atoms with E-state index < -0.39 is 29.4 Å². The van der Waals surface area contributed by atoms with Crippen molar-refractivity contribution in [1.82, 2.24) is 9.88 Å². The third kappa shape index (κ3) is 2.73. The quantitative estimate of drug-likeness (QED) is 0.622. The predicted octanol–water partition coefficient (Wildman–Crippen LogP) is 2.87. The average Bonchev–Trinajstić information content (AvgIpc) is 3.43. The first-order valence-corrected chi connectivity index (χ1v) is 10.7. The summed E-state index contributed by atoms with van der Waals surface area (Å²) in [6.07, 6.45) is 2.09. The summed E-state index contributed by atoms with van der Waals surface area (Å²) in [6, 6.07) is 6.84. The van der Waals surface area contributed by atoms with Crippen LogP contribution in [-0.4, -0.2) is 46.1 Å². The summed E-state index contributed by atoms with van der Waals surface area (Å²) in [5.74, 6) is -0.971. The van der Waals surface area contributed by atoms with Crippen LogP contribution in [0.2, 0.25) is 10.2 Å². The highest BCUT2D eigenvalue weighted by Gasteiger charge is 2.67. The van der Waals surface area contributed by atoms with Crippen molar-refractivity contribution in [3.63, 3.8) is 0 Å². The molecule has 1 amide bonds. The second-order valence-corrected chi connectivity index (χ2v) is 9.09. The van der Waals surface area contributed by atoms with Gasteiger partial charge in [-0.1, -0.05) is 35.3 Å². The Morgan fingerprint density at radius 3 is 2.77 bits per heavy atom. The number of pyridine rings is 1. The molecule has 2 aromatic rings.